The molecule has 0 atom stereocenters. The number of rotatable bonds is 2. The SMILES string of the molecule is O=Cc1cnc2c(c1)c1ccccc1n2C(F)F. The Kier molecular flexibility index (Phi) is 2.33. The number of fused-ring (bicyclic) bond motifs is 3. The van der Waals surface area contributed by atoms with Gasteiger partial charge in [-0.15, -0.1) is 0 Å². The molecule has 0 aliphatic rings. The predicted octanol–water partition coefficient (Wildman–Crippen LogP) is 3.40. The topological polar surface area (TPSA) is 34.9 Å². The van der Waals surface area contributed by atoms with Crippen LogP contribution in [0.15, 0.2) is 36.5 Å². The molecular formula is C13H8F2N2O. The lowest BCUT2D eigenvalue weighted by Crippen LogP contribution is -1.98. The molecule has 0 saturated carbocycles. The third-order valence-corrected chi connectivity index (χ3v) is 2.90. The molecule has 0 saturated heterocycles. The van der Waals surface area contributed by atoms with Crippen LogP contribution in [0.25, 0.3) is 21.9 Å². The molecule has 90 valence electrons. The maximum absolute atomic E-state index is 13.1. The number of carbonyl (C=O) groups excluding carboxylic acids is 1. The van der Waals surface area contributed by atoms with Crippen LogP contribution >= 0.6 is 0 Å². The number of hydrogen-bond donors (Lipinski definition) is 0. The van der Waals surface area contributed by atoms with E-state index in [1.54, 1.807) is 30.3 Å². The van der Waals surface area contributed by atoms with Gasteiger partial charge in [0.1, 0.15) is 5.65 Å². The molecule has 0 amide bonds. The van der Waals surface area contributed by atoms with Gasteiger partial charge in [-0.1, -0.05) is 18.2 Å². The van der Waals surface area contributed by atoms with Crippen molar-refractivity contribution in [3.05, 3.63) is 42.1 Å². The normalized spacial score (nSPS) is 11.5. The minimum absolute atomic E-state index is 0.191. The molecule has 5 heteroatoms. The number of alkyl halides is 2. The summed E-state index contributed by atoms with van der Waals surface area (Å²) < 4.78 is 27.1. The van der Waals surface area contributed by atoms with E-state index in [0.717, 1.165) is 4.57 Å². The van der Waals surface area contributed by atoms with E-state index in [1.807, 2.05) is 0 Å². The molecule has 0 radical (unpaired) electrons. The van der Waals surface area contributed by atoms with E-state index in [1.165, 1.54) is 6.20 Å². The first-order valence-electron chi connectivity index (χ1n) is 5.34. The number of halogens is 2. The molecule has 18 heavy (non-hydrogen) atoms. The van der Waals surface area contributed by atoms with Gasteiger partial charge < -0.3 is 0 Å². The lowest BCUT2D eigenvalue weighted by molar-refractivity contribution is 0.0791. The van der Waals surface area contributed by atoms with Gasteiger partial charge in [0, 0.05) is 22.5 Å². The van der Waals surface area contributed by atoms with Gasteiger partial charge in [0.2, 0.25) is 0 Å². The highest BCUT2D eigenvalue weighted by Crippen LogP contribution is 2.31. The molecule has 3 nitrogen and oxygen atoms in total. The van der Waals surface area contributed by atoms with Gasteiger partial charge in [-0.05, 0) is 12.1 Å². The average molecular weight is 246 g/mol. The van der Waals surface area contributed by atoms with Crippen LogP contribution in [-0.4, -0.2) is 15.8 Å². The monoisotopic (exact) mass is 246 g/mol. The van der Waals surface area contributed by atoms with Gasteiger partial charge in [-0.3, -0.25) is 9.36 Å². The van der Waals surface area contributed by atoms with Crippen molar-refractivity contribution in [3.63, 3.8) is 0 Å². The van der Waals surface area contributed by atoms with Crippen molar-refractivity contribution >= 4 is 28.2 Å². The number of hydrogen-bond acceptors (Lipinski definition) is 2. The largest absolute Gasteiger partial charge is 0.320 e. The number of para-hydroxylation sites is 1. The molecule has 0 bridgehead atoms. The van der Waals surface area contributed by atoms with Crippen molar-refractivity contribution in [2.24, 2.45) is 0 Å². The van der Waals surface area contributed by atoms with E-state index in [9.17, 15) is 13.6 Å². The highest BCUT2D eigenvalue weighted by atomic mass is 19.3. The maximum atomic E-state index is 13.1. The predicted molar refractivity (Wildman–Crippen MR) is 63.9 cm³/mol. The van der Waals surface area contributed by atoms with Crippen LogP contribution in [0.1, 0.15) is 16.9 Å². The second-order valence-electron chi connectivity index (χ2n) is 3.92. The Labute approximate surface area is 101 Å². The third-order valence-electron chi connectivity index (χ3n) is 2.90. The molecule has 0 spiro atoms. The Morgan fingerprint density at radius 1 is 1.22 bits per heavy atom. The second-order valence-corrected chi connectivity index (χ2v) is 3.92. The summed E-state index contributed by atoms with van der Waals surface area (Å²) in [5.74, 6) is 0. The maximum Gasteiger partial charge on any atom is 0.320 e. The molecule has 1 aromatic carbocycles. The van der Waals surface area contributed by atoms with Crippen molar-refractivity contribution in [2.45, 2.75) is 6.55 Å². The Morgan fingerprint density at radius 3 is 2.72 bits per heavy atom. The van der Waals surface area contributed by atoms with Gasteiger partial charge >= 0.3 is 6.55 Å². The fourth-order valence-corrected chi connectivity index (χ4v) is 2.15. The first-order chi connectivity index (χ1) is 8.72. The van der Waals surface area contributed by atoms with E-state index in [4.69, 9.17) is 0 Å². The average Bonchev–Trinajstić information content (AvgIpc) is 2.72. The quantitative estimate of drug-likeness (QED) is 0.649. The third kappa shape index (κ3) is 1.40. The van der Waals surface area contributed by atoms with Crippen molar-refractivity contribution < 1.29 is 13.6 Å². The van der Waals surface area contributed by atoms with Gasteiger partial charge in [-0.2, -0.15) is 8.78 Å². The number of nitrogens with zero attached hydrogens (tertiary/aromatic N) is 2. The summed E-state index contributed by atoms with van der Waals surface area (Å²) in [5, 5.41) is 1.24. The Balaban J connectivity index is 2.53. The Hall–Kier alpha value is -2.30. The summed E-state index contributed by atoms with van der Waals surface area (Å²) in [6, 6.07) is 8.40. The van der Waals surface area contributed by atoms with Crippen LogP contribution in [0.5, 0.6) is 0 Å². The van der Waals surface area contributed by atoms with E-state index in [-0.39, 0.29) is 5.65 Å². The van der Waals surface area contributed by atoms with Crippen molar-refractivity contribution in [2.75, 3.05) is 0 Å². The van der Waals surface area contributed by atoms with Gasteiger partial charge in [-0.25, -0.2) is 4.98 Å². The Morgan fingerprint density at radius 2 is 2.00 bits per heavy atom. The van der Waals surface area contributed by atoms with Crippen LogP contribution in [0.3, 0.4) is 0 Å². The van der Waals surface area contributed by atoms with Gasteiger partial charge in [0.05, 0.1) is 5.52 Å². The molecule has 2 aromatic heterocycles. The molecule has 0 aliphatic carbocycles. The highest BCUT2D eigenvalue weighted by Gasteiger charge is 2.17. The highest BCUT2D eigenvalue weighted by molar-refractivity contribution is 6.07. The smallest absolute Gasteiger partial charge is 0.298 e. The summed E-state index contributed by atoms with van der Waals surface area (Å²) in [5.41, 5.74) is 0.981. The summed E-state index contributed by atoms with van der Waals surface area (Å²) in [7, 11) is 0. The fourth-order valence-electron chi connectivity index (χ4n) is 2.15. The molecule has 3 rings (SSSR count). The zero-order valence-electron chi connectivity index (χ0n) is 9.18. The first-order valence-corrected chi connectivity index (χ1v) is 5.34. The first kappa shape index (κ1) is 10.8. The lowest BCUT2D eigenvalue weighted by atomic mass is 10.1. The molecule has 3 aromatic rings. The lowest BCUT2D eigenvalue weighted by Gasteiger charge is -2.03. The zero-order valence-corrected chi connectivity index (χ0v) is 9.18. The number of carbonyl (C=O) groups is 1. The molecular weight excluding hydrogens is 238 g/mol. The van der Waals surface area contributed by atoms with E-state index in [2.05, 4.69) is 4.98 Å². The molecule has 2 heterocycles. The van der Waals surface area contributed by atoms with Crippen LogP contribution < -0.4 is 0 Å². The van der Waals surface area contributed by atoms with E-state index < -0.39 is 6.55 Å². The van der Waals surface area contributed by atoms with Crippen molar-refractivity contribution in [1.82, 2.24) is 9.55 Å². The number of aromatic nitrogens is 2. The van der Waals surface area contributed by atoms with Gasteiger partial charge in [0.25, 0.3) is 0 Å². The van der Waals surface area contributed by atoms with E-state index >= 15 is 0 Å². The van der Waals surface area contributed by atoms with Crippen LogP contribution in [0, 0.1) is 0 Å². The van der Waals surface area contributed by atoms with E-state index in [0.29, 0.717) is 28.1 Å². The standard InChI is InChI=1S/C13H8F2N2O/c14-13(15)17-11-4-2-1-3-9(11)10-5-8(7-18)6-16-12(10)17/h1-7,13H. The second kappa shape index (κ2) is 3.87. The fraction of sp³-hybridized carbons (Fsp3) is 0.0769. The Bertz CT molecular complexity index is 749. The van der Waals surface area contributed by atoms with Crippen molar-refractivity contribution in [1.29, 1.82) is 0 Å². The zero-order chi connectivity index (χ0) is 12.7. The summed E-state index contributed by atoms with van der Waals surface area (Å²) >= 11 is 0. The minimum atomic E-state index is -2.66. The molecule has 0 N–H and O–H groups in total. The number of aldehydes is 1. The summed E-state index contributed by atoms with van der Waals surface area (Å²) in [6.45, 7) is -2.66. The van der Waals surface area contributed by atoms with Crippen molar-refractivity contribution in [3.8, 4) is 0 Å². The minimum Gasteiger partial charge on any atom is -0.298 e. The number of benzene rings is 1. The number of pyridine rings is 1. The summed E-state index contributed by atoms with van der Waals surface area (Å²) in [6.07, 6.45) is 1.95. The molecule has 0 aliphatic heterocycles. The molecule has 0 fully saturated rings. The van der Waals surface area contributed by atoms with Gasteiger partial charge in [0.15, 0.2) is 6.29 Å². The van der Waals surface area contributed by atoms with Crippen LogP contribution in [0.4, 0.5) is 8.78 Å². The molecule has 0 unspecified atom stereocenters. The van der Waals surface area contributed by atoms with Crippen LogP contribution in [0.2, 0.25) is 0 Å². The van der Waals surface area contributed by atoms with Crippen LogP contribution in [-0.2, 0) is 0 Å². The summed E-state index contributed by atoms with van der Waals surface area (Å²) in [4.78, 5) is 14.7.